The Morgan fingerprint density at radius 1 is 1.32 bits per heavy atom. The number of rotatable bonds is 8. The first-order chi connectivity index (χ1) is 10.3. The highest BCUT2D eigenvalue weighted by atomic mass is 16.5. The van der Waals surface area contributed by atoms with Crippen LogP contribution in [0.3, 0.4) is 0 Å². The van der Waals surface area contributed by atoms with E-state index in [1.54, 1.807) is 0 Å². The largest absolute Gasteiger partial charge is 0.483 e. The number of benzene rings is 1. The van der Waals surface area contributed by atoms with E-state index in [-0.39, 0.29) is 25.0 Å². The number of carbonyl (C=O) groups is 2. The van der Waals surface area contributed by atoms with Crippen LogP contribution in [-0.4, -0.2) is 43.3 Å². The Kier molecular flexibility index (Phi) is 6.85. The second-order valence-corrected chi connectivity index (χ2v) is 5.35. The Bertz CT molecular complexity index is 527. The predicted octanol–water partition coefficient (Wildman–Crippen LogP) is 1.71. The second kappa shape index (κ2) is 8.38. The molecule has 0 heterocycles. The van der Waals surface area contributed by atoms with Gasteiger partial charge in [-0.15, -0.1) is 0 Å². The van der Waals surface area contributed by atoms with E-state index in [9.17, 15) is 9.59 Å². The molecule has 1 unspecified atom stereocenters. The lowest BCUT2D eigenvalue weighted by Crippen LogP contribution is -2.39. The van der Waals surface area contributed by atoms with Crippen molar-refractivity contribution in [2.75, 3.05) is 20.3 Å². The number of carboxylic acids is 1. The maximum Gasteiger partial charge on any atom is 0.334 e. The van der Waals surface area contributed by atoms with Crippen molar-refractivity contribution in [3.63, 3.8) is 0 Å². The lowest BCUT2D eigenvalue weighted by Gasteiger charge is -2.15. The third kappa shape index (κ3) is 5.37. The first-order valence-electron chi connectivity index (χ1n) is 7.10. The first kappa shape index (κ1) is 18.0. The summed E-state index contributed by atoms with van der Waals surface area (Å²) < 4.78 is 10.3. The van der Waals surface area contributed by atoms with E-state index < -0.39 is 12.1 Å². The third-order valence-corrected chi connectivity index (χ3v) is 3.19. The first-order valence-corrected chi connectivity index (χ1v) is 7.10. The second-order valence-electron chi connectivity index (χ2n) is 5.35. The number of carbonyl (C=O) groups excluding carboxylic acids is 1. The van der Waals surface area contributed by atoms with E-state index >= 15 is 0 Å². The summed E-state index contributed by atoms with van der Waals surface area (Å²) in [5, 5.41) is 11.3. The highest BCUT2D eigenvalue weighted by Crippen LogP contribution is 2.27. The van der Waals surface area contributed by atoms with Crippen molar-refractivity contribution >= 4 is 11.9 Å². The standard InChI is InChI=1S/C16H23NO5/c1-10(2)12-6-5-11(3)7-13(12)22-9-15(18)17-8-14(21-4)16(19)20/h5-7,10,14H,8-9H2,1-4H3,(H,17,18)(H,19,20). The Balaban J connectivity index is 2.57. The lowest BCUT2D eigenvalue weighted by atomic mass is 10.0. The fourth-order valence-corrected chi connectivity index (χ4v) is 1.92. The van der Waals surface area contributed by atoms with Crippen LogP contribution in [0.25, 0.3) is 0 Å². The summed E-state index contributed by atoms with van der Waals surface area (Å²) in [5.41, 5.74) is 2.07. The van der Waals surface area contributed by atoms with Gasteiger partial charge in [-0.1, -0.05) is 26.0 Å². The minimum Gasteiger partial charge on any atom is -0.483 e. The van der Waals surface area contributed by atoms with Crippen LogP contribution in [0.5, 0.6) is 5.75 Å². The molecule has 0 spiro atoms. The summed E-state index contributed by atoms with van der Waals surface area (Å²) in [6.45, 7) is 5.78. The molecular weight excluding hydrogens is 286 g/mol. The monoisotopic (exact) mass is 309 g/mol. The number of aryl methyl sites for hydroxylation is 1. The predicted molar refractivity (Wildman–Crippen MR) is 82.2 cm³/mol. The van der Waals surface area contributed by atoms with E-state index in [1.165, 1.54) is 7.11 Å². The smallest absolute Gasteiger partial charge is 0.334 e. The Labute approximate surface area is 130 Å². The molecule has 122 valence electrons. The molecule has 0 bridgehead atoms. The van der Waals surface area contributed by atoms with Gasteiger partial charge in [0.25, 0.3) is 5.91 Å². The van der Waals surface area contributed by atoms with E-state index in [0.717, 1.165) is 11.1 Å². The molecule has 1 aromatic rings. The average molecular weight is 309 g/mol. The van der Waals surface area contributed by atoms with Crippen LogP contribution in [0.15, 0.2) is 18.2 Å². The van der Waals surface area contributed by atoms with Crippen LogP contribution in [0.4, 0.5) is 0 Å². The zero-order valence-corrected chi connectivity index (χ0v) is 13.4. The normalized spacial score (nSPS) is 12.0. The van der Waals surface area contributed by atoms with Crippen LogP contribution in [0, 0.1) is 6.92 Å². The minimum atomic E-state index is -1.12. The molecule has 2 N–H and O–H groups in total. The molecule has 1 rings (SSSR count). The number of methoxy groups -OCH3 is 1. The van der Waals surface area contributed by atoms with Crippen molar-refractivity contribution in [3.8, 4) is 5.75 Å². The number of hydrogen-bond donors (Lipinski definition) is 2. The molecule has 0 aliphatic heterocycles. The van der Waals surface area contributed by atoms with Gasteiger partial charge in [-0.3, -0.25) is 4.79 Å². The molecule has 0 saturated heterocycles. The molecular formula is C16H23NO5. The van der Waals surface area contributed by atoms with Crippen LogP contribution in [0.1, 0.15) is 30.9 Å². The summed E-state index contributed by atoms with van der Waals surface area (Å²) in [4.78, 5) is 22.5. The molecule has 1 aromatic carbocycles. The highest BCUT2D eigenvalue weighted by molar-refractivity contribution is 5.79. The summed E-state index contributed by atoms with van der Waals surface area (Å²) >= 11 is 0. The van der Waals surface area contributed by atoms with Crippen LogP contribution >= 0.6 is 0 Å². The van der Waals surface area contributed by atoms with Crippen molar-refractivity contribution in [1.29, 1.82) is 0 Å². The van der Waals surface area contributed by atoms with Gasteiger partial charge in [0, 0.05) is 7.11 Å². The molecule has 1 atom stereocenters. The molecule has 6 heteroatoms. The van der Waals surface area contributed by atoms with Gasteiger partial charge >= 0.3 is 5.97 Å². The van der Waals surface area contributed by atoms with Crippen molar-refractivity contribution in [2.24, 2.45) is 0 Å². The number of aliphatic carboxylic acids is 1. The molecule has 1 amide bonds. The van der Waals surface area contributed by atoms with Crippen molar-refractivity contribution in [3.05, 3.63) is 29.3 Å². The van der Waals surface area contributed by atoms with Crippen molar-refractivity contribution in [1.82, 2.24) is 5.32 Å². The summed E-state index contributed by atoms with van der Waals surface area (Å²) in [6, 6.07) is 5.87. The Morgan fingerprint density at radius 3 is 2.55 bits per heavy atom. The molecule has 0 saturated carbocycles. The van der Waals surface area contributed by atoms with Crippen LogP contribution in [-0.2, 0) is 14.3 Å². The average Bonchev–Trinajstić information content (AvgIpc) is 2.45. The van der Waals surface area contributed by atoms with Gasteiger partial charge in [-0.25, -0.2) is 4.79 Å². The fourth-order valence-electron chi connectivity index (χ4n) is 1.92. The highest BCUT2D eigenvalue weighted by Gasteiger charge is 2.17. The molecule has 6 nitrogen and oxygen atoms in total. The number of ether oxygens (including phenoxy) is 2. The summed E-state index contributed by atoms with van der Waals surface area (Å²) in [7, 11) is 1.28. The topological polar surface area (TPSA) is 84.9 Å². The maximum atomic E-state index is 11.7. The van der Waals surface area contributed by atoms with Gasteiger partial charge in [0.1, 0.15) is 5.75 Å². The number of carboxylic acid groups (broad SMARTS) is 1. The van der Waals surface area contributed by atoms with Gasteiger partial charge < -0.3 is 19.9 Å². The van der Waals surface area contributed by atoms with E-state index in [2.05, 4.69) is 5.32 Å². The lowest BCUT2D eigenvalue weighted by molar-refractivity contribution is -0.148. The molecule has 22 heavy (non-hydrogen) atoms. The van der Waals surface area contributed by atoms with Gasteiger partial charge in [-0.05, 0) is 30.0 Å². The number of nitrogens with one attached hydrogen (secondary N) is 1. The van der Waals surface area contributed by atoms with Gasteiger partial charge in [0.15, 0.2) is 12.7 Å². The molecule has 0 radical (unpaired) electrons. The number of amides is 1. The maximum absolute atomic E-state index is 11.7. The van der Waals surface area contributed by atoms with E-state index in [0.29, 0.717) is 5.75 Å². The zero-order valence-electron chi connectivity index (χ0n) is 13.4. The van der Waals surface area contributed by atoms with Crippen LogP contribution in [0.2, 0.25) is 0 Å². The van der Waals surface area contributed by atoms with E-state index in [4.69, 9.17) is 14.6 Å². The van der Waals surface area contributed by atoms with Crippen LogP contribution < -0.4 is 10.1 Å². The van der Waals surface area contributed by atoms with Gasteiger partial charge in [0.2, 0.25) is 0 Å². The minimum absolute atomic E-state index is 0.0983. The SMILES string of the molecule is COC(CNC(=O)COc1cc(C)ccc1C(C)C)C(=O)O. The number of hydrogen-bond acceptors (Lipinski definition) is 4. The Morgan fingerprint density at radius 2 is 2.00 bits per heavy atom. The van der Waals surface area contributed by atoms with E-state index in [1.807, 2.05) is 39.0 Å². The van der Waals surface area contributed by atoms with Crippen molar-refractivity contribution in [2.45, 2.75) is 32.8 Å². The quantitative estimate of drug-likeness (QED) is 0.763. The summed E-state index contributed by atoms with van der Waals surface area (Å²) in [6.07, 6.45) is -1.06. The molecule has 0 aliphatic rings. The molecule has 0 aromatic heterocycles. The zero-order chi connectivity index (χ0) is 16.7. The van der Waals surface area contributed by atoms with Crippen molar-refractivity contribution < 1.29 is 24.2 Å². The van der Waals surface area contributed by atoms with Gasteiger partial charge in [-0.2, -0.15) is 0 Å². The molecule has 0 aliphatic carbocycles. The fraction of sp³-hybridized carbons (Fsp3) is 0.500. The van der Waals surface area contributed by atoms with Gasteiger partial charge in [0.05, 0.1) is 6.54 Å². The molecule has 0 fully saturated rings. The Hall–Kier alpha value is -2.08. The third-order valence-electron chi connectivity index (χ3n) is 3.19. The summed E-state index contributed by atoms with van der Waals surface area (Å²) in [5.74, 6) is -0.556.